The van der Waals surface area contributed by atoms with Crippen LogP contribution < -0.4 is 14.8 Å². The Bertz CT molecular complexity index is 1160. The number of ether oxygens (including phenoxy) is 1. The van der Waals surface area contributed by atoms with Crippen LogP contribution >= 0.6 is 0 Å². The van der Waals surface area contributed by atoms with Gasteiger partial charge in [-0.05, 0) is 55.3 Å². The van der Waals surface area contributed by atoms with Gasteiger partial charge in [0.15, 0.2) is 0 Å². The van der Waals surface area contributed by atoms with E-state index in [1.807, 2.05) is 0 Å². The monoisotopic (exact) mass is 474 g/mol. The topological polar surface area (TPSA) is 125 Å². The fourth-order valence-electron chi connectivity index (χ4n) is 3.35. The average molecular weight is 475 g/mol. The van der Waals surface area contributed by atoms with Crippen LogP contribution in [0.1, 0.15) is 18.4 Å². The van der Waals surface area contributed by atoms with E-state index in [0.717, 1.165) is 4.90 Å². The van der Waals surface area contributed by atoms with Gasteiger partial charge in [0, 0.05) is 31.4 Å². The Kier molecular flexibility index (Phi) is 7.22. The number of imide groups is 1. The molecule has 0 saturated carbocycles. The Morgan fingerprint density at radius 1 is 1.09 bits per heavy atom. The number of nitrogens with zero attached hydrogens (tertiary/aromatic N) is 2. The summed E-state index contributed by atoms with van der Waals surface area (Å²) in [5, 5.41) is 2.67. The van der Waals surface area contributed by atoms with Crippen molar-refractivity contribution in [1.82, 2.24) is 9.80 Å². The summed E-state index contributed by atoms with van der Waals surface area (Å²) in [5.41, 5.74) is 1.22. The lowest BCUT2D eigenvalue weighted by molar-refractivity contribution is -0.125. The molecule has 0 atom stereocenters. The molecule has 0 spiro atoms. The molecule has 176 valence electrons. The minimum absolute atomic E-state index is 0.0346. The maximum atomic E-state index is 12.9. The van der Waals surface area contributed by atoms with Crippen LogP contribution in [0.5, 0.6) is 5.75 Å². The first-order valence-electron chi connectivity index (χ1n) is 10.2. The predicted molar refractivity (Wildman–Crippen MR) is 123 cm³/mol. The fraction of sp³-hybridized carbons (Fsp3) is 0.318. The number of anilines is 2. The van der Waals surface area contributed by atoms with Gasteiger partial charge in [0.25, 0.3) is 10.0 Å². The highest BCUT2D eigenvalue weighted by Gasteiger charge is 2.32. The van der Waals surface area contributed by atoms with Gasteiger partial charge in [-0.2, -0.15) is 0 Å². The van der Waals surface area contributed by atoms with E-state index in [4.69, 9.17) is 4.74 Å². The van der Waals surface area contributed by atoms with Crippen LogP contribution in [0.25, 0.3) is 0 Å². The molecule has 33 heavy (non-hydrogen) atoms. The second-order valence-electron chi connectivity index (χ2n) is 7.65. The maximum absolute atomic E-state index is 12.9. The third kappa shape index (κ3) is 5.80. The van der Waals surface area contributed by atoms with E-state index in [-0.39, 0.29) is 42.3 Å². The predicted octanol–water partition coefficient (Wildman–Crippen LogP) is 2.42. The van der Waals surface area contributed by atoms with Crippen LogP contribution in [0.15, 0.2) is 47.4 Å². The number of carbonyl (C=O) groups is 3. The molecule has 3 rings (SSSR count). The molecule has 1 heterocycles. The SMILES string of the molecule is COc1ccc(NS(=O)(=O)c2cc(NC(=O)CCCN3C(=O)CN(C)C3=O)ccc2C)cc1. The first-order valence-corrected chi connectivity index (χ1v) is 11.7. The standard InChI is InChI=1S/C22H26N4O6S/c1-15-6-7-17(23-20(27)5-4-12-26-21(28)14-25(2)22(26)29)13-19(15)33(30,31)24-16-8-10-18(32-3)11-9-16/h6-11,13,24H,4-5,12,14H2,1-3H3,(H,23,27). The number of likely N-dealkylation sites (N-methyl/N-ethyl adjacent to an activating group) is 1. The molecule has 1 aliphatic rings. The molecule has 1 aliphatic heterocycles. The number of rotatable bonds is 9. The van der Waals surface area contributed by atoms with E-state index in [1.54, 1.807) is 50.4 Å². The Balaban J connectivity index is 1.62. The number of aryl methyl sites for hydroxylation is 1. The number of nitrogens with one attached hydrogen (secondary N) is 2. The Labute approximate surface area is 192 Å². The zero-order chi connectivity index (χ0) is 24.2. The van der Waals surface area contributed by atoms with Gasteiger partial charge in [-0.1, -0.05) is 6.07 Å². The zero-order valence-corrected chi connectivity index (χ0v) is 19.4. The first-order chi connectivity index (χ1) is 15.6. The van der Waals surface area contributed by atoms with Gasteiger partial charge in [-0.25, -0.2) is 13.2 Å². The van der Waals surface area contributed by atoms with Crippen LogP contribution in [0.2, 0.25) is 0 Å². The number of sulfonamides is 1. The lowest BCUT2D eigenvalue weighted by Gasteiger charge is -2.14. The van der Waals surface area contributed by atoms with E-state index in [0.29, 0.717) is 29.1 Å². The van der Waals surface area contributed by atoms with Crippen molar-refractivity contribution in [2.75, 3.05) is 37.3 Å². The zero-order valence-electron chi connectivity index (χ0n) is 18.6. The number of urea groups is 1. The second kappa shape index (κ2) is 9.90. The quantitative estimate of drug-likeness (QED) is 0.538. The van der Waals surface area contributed by atoms with Crippen molar-refractivity contribution in [3.8, 4) is 5.75 Å². The van der Waals surface area contributed by atoms with Gasteiger partial charge in [-0.15, -0.1) is 0 Å². The number of benzene rings is 2. The van der Waals surface area contributed by atoms with Crippen LogP contribution in [0.3, 0.4) is 0 Å². The fourth-order valence-corrected chi connectivity index (χ4v) is 4.68. The number of hydrogen-bond acceptors (Lipinski definition) is 6. The third-order valence-electron chi connectivity index (χ3n) is 5.12. The number of methoxy groups -OCH3 is 1. The van der Waals surface area contributed by atoms with E-state index < -0.39 is 10.0 Å². The van der Waals surface area contributed by atoms with Gasteiger partial charge in [0.05, 0.1) is 12.0 Å². The summed E-state index contributed by atoms with van der Waals surface area (Å²) in [4.78, 5) is 38.4. The molecule has 0 unspecified atom stereocenters. The Hall–Kier alpha value is -3.60. The molecule has 0 aliphatic carbocycles. The van der Waals surface area contributed by atoms with E-state index in [9.17, 15) is 22.8 Å². The summed E-state index contributed by atoms with van der Waals surface area (Å²) in [5.74, 6) is -0.0391. The molecule has 0 bridgehead atoms. The largest absolute Gasteiger partial charge is 0.497 e. The summed E-state index contributed by atoms with van der Waals surface area (Å²) < 4.78 is 33.4. The summed E-state index contributed by atoms with van der Waals surface area (Å²) in [6.45, 7) is 1.85. The molecule has 0 aromatic heterocycles. The highest BCUT2D eigenvalue weighted by Crippen LogP contribution is 2.24. The Morgan fingerprint density at radius 3 is 2.36 bits per heavy atom. The van der Waals surface area contributed by atoms with Crippen molar-refractivity contribution in [3.63, 3.8) is 0 Å². The molecule has 0 radical (unpaired) electrons. The third-order valence-corrected chi connectivity index (χ3v) is 6.64. The average Bonchev–Trinajstić information content (AvgIpc) is 3.01. The lowest BCUT2D eigenvalue weighted by atomic mass is 10.2. The van der Waals surface area contributed by atoms with Gasteiger partial charge in [-0.3, -0.25) is 19.2 Å². The second-order valence-corrected chi connectivity index (χ2v) is 9.30. The number of amides is 4. The summed E-state index contributed by atoms with van der Waals surface area (Å²) >= 11 is 0. The van der Waals surface area contributed by atoms with Crippen molar-refractivity contribution >= 4 is 39.2 Å². The number of hydrogen-bond donors (Lipinski definition) is 2. The minimum Gasteiger partial charge on any atom is -0.497 e. The van der Waals surface area contributed by atoms with Crippen molar-refractivity contribution in [2.24, 2.45) is 0 Å². The van der Waals surface area contributed by atoms with Crippen molar-refractivity contribution < 1.29 is 27.5 Å². The van der Waals surface area contributed by atoms with Crippen molar-refractivity contribution in [3.05, 3.63) is 48.0 Å². The van der Waals surface area contributed by atoms with Gasteiger partial charge in [0.1, 0.15) is 12.3 Å². The molecular weight excluding hydrogens is 448 g/mol. The normalized spacial score (nSPS) is 13.9. The summed E-state index contributed by atoms with van der Waals surface area (Å²) in [6, 6.07) is 10.7. The summed E-state index contributed by atoms with van der Waals surface area (Å²) in [7, 11) is -0.834. The van der Waals surface area contributed by atoms with Crippen molar-refractivity contribution in [2.45, 2.75) is 24.7 Å². The van der Waals surface area contributed by atoms with E-state index >= 15 is 0 Å². The lowest BCUT2D eigenvalue weighted by Crippen LogP contribution is -2.32. The molecule has 11 heteroatoms. The number of carbonyl (C=O) groups excluding carboxylic acids is 3. The van der Waals surface area contributed by atoms with Crippen LogP contribution in [-0.2, 0) is 19.6 Å². The van der Waals surface area contributed by atoms with Crippen molar-refractivity contribution in [1.29, 1.82) is 0 Å². The van der Waals surface area contributed by atoms with E-state index in [2.05, 4.69) is 10.0 Å². The summed E-state index contributed by atoms with van der Waals surface area (Å²) in [6.07, 6.45) is 0.369. The molecule has 1 fully saturated rings. The molecule has 4 amide bonds. The molecule has 2 aromatic rings. The van der Waals surface area contributed by atoms with Gasteiger partial charge in [0.2, 0.25) is 11.8 Å². The van der Waals surface area contributed by atoms with Crippen LogP contribution in [0, 0.1) is 6.92 Å². The van der Waals surface area contributed by atoms with Gasteiger partial charge >= 0.3 is 6.03 Å². The van der Waals surface area contributed by atoms with Gasteiger partial charge < -0.3 is 15.0 Å². The van der Waals surface area contributed by atoms with Crippen LogP contribution in [0.4, 0.5) is 16.2 Å². The molecular formula is C22H26N4O6S. The Morgan fingerprint density at radius 2 is 1.76 bits per heavy atom. The smallest absolute Gasteiger partial charge is 0.326 e. The highest BCUT2D eigenvalue weighted by molar-refractivity contribution is 7.92. The maximum Gasteiger partial charge on any atom is 0.326 e. The highest BCUT2D eigenvalue weighted by atomic mass is 32.2. The van der Waals surface area contributed by atoms with E-state index in [1.165, 1.54) is 18.1 Å². The molecule has 2 aromatic carbocycles. The first kappa shape index (κ1) is 24.1. The van der Waals surface area contributed by atoms with Crippen LogP contribution in [-0.4, -0.2) is 63.3 Å². The molecule has 10 nitrogen and oxygen atoms in total. The minimum atomic E-state index is -3.90. The molecule has 2 N–H and O–H groups in total. The molecule has 1 saturated heterocycles.